The topological polar surface area (TPSA) is 126 Å². The van der Waals surface area contributed by atoms with Crippen molar-refractivity contribution in [2.45, 2.75) is 56.9 Å². The molecule has 1 aromatic rings. The maximum absolute atomic E-state index is 12.6. The van der Waals surface area contributed by atoms with Crippen LogP contribution in [-0.2, 0) is 25.7 Å². The van der Waals surface area contributed by atoms with Gasteiger partial charge in [0.1, 0.15) is 24.5 Å². The molecule has 30 heavy (non-hydrogen) atoms. The highest BCUT2D eigenvalue weighted by atomic mass is 16.5. The summed E-state index contributed by atoms with van der Waals surface area (Å²) in [5, 5.41) is 15.7. The predicted octanol–water partition coefficient (Wildman–Crippen LogP) is 1.09. The Bertz CT molecular complexity index is 802. The van der Waals surface area contributed by atoms with E-state index in [1.54, 1.807) is 6.92 Å². The van der Waals surface area contributed by atoms with Crippen molar-refractivity contribution in [1.29, 1.82) is 0 Å². The van der Waals surface area contributed by atoms with Gasteiger partial charge < -0.3 is 25.2 Å². The number of esters is 1. The lowest BCUT2D eigenvalue weighted by Gasteiger charge is -2.42. The standard InChI is InChI=1S/C21H27N3O6/c1-2-29-18(27)17-16(26)12-22-19(23-17)21(10-8-15(25)9-11-21)24-20(28)30-13-14-6-4-3-5-7-14/h3-7,15,17,25H,2,8-13H2,1H3,(H,22,23)(H,24,28). The molecule has 3 N–H and O–H groups in total. The van der Waals surface area contributed by atoms with Crippen LogP contribution in [0.1, 0.15) is 38.2 Å². The zero-order valence-corrected chi connectivity index (χ0v) is 16.9. The maximum atomic E-state index is 12.6. The highest BCUT2D eigenvalue weighted by Gasteiger charge is 2.45. The lowest BCUT2D eigenvalue weighted by Crippen LogP contribution is -2.65. The molecule has 1 unspecified atom stereocenters. The molecule has 2 aliphatic rings. The summed E-state index contributed by atoms with van der Waals surface area (Å²) < 4.78 is 10.3. The number of hydrogen-bond acceptors (Lipinski definition) is 8. The summed E-state index contributed by atoms with van der Waals surface area (Å²) in [5.74, 6) is -0.730. The molecule has 1 aliphatic carbocycles. The van der Waals surface area contributed by atoms with Gasteiger partial charge in [0.25, 0.3) is 0 Å². The Morgan fingerprint density at radius 3 is 2.60 bits per heavy atom. The van der Waals surface area contributed by atoms with Crippen LogP contribution in [0, 0.1) is 0 Å². The first-order chi connectivity index (χ1) is 14.4. The van der Waals surface area contributed by atoms with Crippen LogP contribution in [0.3, 0.4) is 0 Å². The van der Waals surface area contributed by atoms with Crippen molar-refractivity contribution in [2.75, 3.05) is 13.2 Å². The van der Waals surface area contributed by atoms with Crippen molar-refractivity contribution in [2.24, 2.45) is 4.99 Å². The number of alkyl carbamates (subject to hydrolysis) is 1. The number of aliphatic hydroxyl groups is 1. The van der Waals surface area contributed by atoms with Crippen LogP contribution in [0.25, 0.3) is 0 Å². The van der Waals surface area contributed by atoms with Gasteiger partial charge in [0.15, 0.2) is 11.8 Å². The summed E-state index contributed by atoms with van der Waals surface area (Å²) in [5.41, 5.74) is -0.111. The number of amides is 1. The van der Waals surface area contributed by atoms with Crippen LogP contribution in [0.2, 0.25) is 0 Å². The molecule has 0 saturated heterocycles. The van der Waals surface area contributed by atoms with Gasteiger partial charge in [-0.2, -0.15) is 0 Å². The fourth-order valence-electron chi connectivity index (χ4n) is 3.69. The van der Waals surface area contributed by atoms with Crippen molar-refractivity contribution in [3.63, 3.8) is 0 Å². The SMILES string of the molecule is CCOC(=O)C1NC(C2(NC(=O)OCc3ccccc3)CCC(O)CC2)=NCC1=O. The zero-order chi connectivity index (χ0) is 21.6. The number of carbonyl (C=O) groups excluding carboxylic acids is 3. The molecule has 1 fully saturated rings. The maximum Gasteiger partial charge on any atom is 0.408 e. The zero-order valence-electron chi connectivity index (χ0n) is 16.9. The lowest BCUT2D eigenvalue weighted by atomic mass is 9.78. The number of hydrogen-bond donors (Lipinski definition) is 3. The first-order valence-electron chi connectivity index (χ1n) is 10.1. The number of amidine groups is 1. The van der Waals surface area contributed by atoms with Crippen LogP contribution in [0.4, 0.5) is 4.79 Å². The van der Waals surface area contributed by atoms with E-state index < -0.39 is 35.5 Å². The van der Waals surface area contributed by atoms with E-state index in [9.17, 15) is 19.5 Å². The molecule has 162 valence electrons. The first kappa shape index (κ1) is 21.8. The molecule has 1 aromatic carbocycles. The van der Waals surface area contributed by atoms with E-state index >= 15 is 0 Å². The minimum atomic E-state index is -1.16. The molecule has 0 radical (unpaired) electrons. The average molecular weight is 417 g/mol. The molecule has 1 saturated carbocycles. The van der Waals surface area contributed by atoms with E-state index in [0.29, 0.717) is 31.5 Å². The van der Waals surface area contributed by atoms with Gasteiger partial charge in [-0.3, -0.25) is 9.79 Å². The van der Waals surface area contributed by atoms with Gasteiger partial charge in [-0.15, -0.1) is 0 Å². The minimum absolute atomic E-state index is 0.106. The molecule has 0 spiro atoms. The summed E-state index contributed by atoms with van der Waals surface area (Å²) in [6, 6.07) is 8.12. The van der Waals surface area contributed by atoms with E-state index in [1.165, 1.54) is 0 Å². The first-order valence-corrected chi connectivity index (χ1v) is 10.1. The number of nitrogens with zero attached hydrogens (tertiary/aromatic N) is 1. The Morgan fingerprint density at radius 2 is 1.93 bits per heavy atom. The van der Waals surface area contributed by atoms with Gasteiger partial charge in [0.05, 0.1) is 12.7 Å². The van der Waals surface area contributed by atoms with Crippen LogP contribution >= 0.6 is 0 Å². The predicted molar refractivity (Wildman–Crippen MR) is 108 cm³/mol. The van der Waals surface area contributed by atoms with E-state index in [4.69, 9.17) is 9.47 Å². The van der Waals surface area contributed by atoms with Gasteiger partial charge in [0.2, 0.25) is 0 Å². The fraction of sp³-hybridized carbons (Fsp3) is 0.524. The number of benzene rings is 1. The Hall–Kier alpha value is -2.94. The number of rotatable bonds is 6. The van der Waals surface area contributed by atoms with Crippen molar-refractivity contribution in [1.82, 2.24) is 10.6 Å². The number of aliphatic hydroxyl groups excluding tert-OH is 1. The van der Waals surface area contributed by atoms with Crippen LogP contribution in [-0.4, -0.2) is 59.6 Å². The fourth-order valence-corrected chi connectivity index (χ4v) is 3.69. The number of nitrogens with one attached hydrogen (secondary N) is 2. The molecule has 0 bridgehead atoms. The number of ketones is 1. The molecule has 0 aromatic heterocycles. The second kappa shape index (κ2) is 9.71. The smallest absolute Gasteiger partial charge is 0.408 e. The third kappa shape index (κ3) is 5.15. The van der Waals surface area contributed by atoms with Crippen molar-refractivity contribution >= 4 is 23.7 Å². The Kier molecular flexibility index (Phi) is 7.04. The summed E-state index contributed by atoms with van der Waals surface area (Å²) in [7, 11) is 0. The Balaban J connectivity index is 1.74. The van der Waals surface area contributed by atoms with Gasteiger partial charge in [-0.1, -0.05) is 30.3 Å². The lowest BCUT2D eigenvalue weighted by molar-refractivity contribution is -0.148. The number of Topliss-reactive ketones (excluding diaryl/α,β-unsaturated/α-hetero) is 1. The monoisotopic (exact) mass is 417 g/mol. The molecule has 1 atom stereocenters. The molecular formula is C21H27N3O6. The molecule has 3 rings (SSSR count). The number of ether oxygens (including phenoxy) is 2. The van der Waals surface area contributed by atoms with E-state index in [0.717, 1.165) is 5.56 Å². The van der Waals surface area contributed by atoms with Crippen LogP contribution in [0.15, 0.2) is 35.3 Å². The van der Waals surface area contributed by atoms with E-state index in [2.05, 4.69) is 15.6 Å². The van der Waals surface area contributed by atoms with Crippen molar-refractivity contribution in [3.05, 3.63) is 35.9 Å². The van der Waals surface area contributed by atoms with E-state index in [1.807, 2.05) is 30.3 Å². The summed E-state index contributed by atoms with van der Waals surface area (Å²) >= 11 is 0. The number of carbonyl (C=O) groups is 3. The summed E-state index contributed by atoms with van der Waals surface area (Å²) in [6.07, 6.45) is 0.556. The third-order valence-electron chi connectivity index (χ3n) is 5.33. The summed E-state index contributed by atoms with van der Waals surface area (Å²) in [4.78, 5) is 41.2. The molecular weight excluding hydrogens is 390 g/mol. The quantitative estimate of drug-likeness (QED) is 0.467. The van der Waals surface area contributed by atoms with Crippen LogP contribution in [0.5, 0.6) is 0 Å². The average Bonchev–Trinajstić information content (AvgIpc) is 2.75. The molecule has 9 nitrogen and oxygen atoms in total. The van der Waals surface area contributed by atoms with Gasteiger partial charge in [-0.25, -0.2) is 9.59 Å². The largest absolute Gasteiger partial charge is 0.464 e. The highest BCUT2D eigenvalue weighted by Crippen LogP contribution is 2.30. The van der Waals surface area contributed by atoms with Gasteiger partial charge >= 0.3 is 12.1 Å². The second-order valence-electron chi connectivity index (χ2n) is 7.46. The molecule has 1 amide bonds. The van der Waals surface area contributed by atoms with E-state index in [-0.39, 0.29) is 19.8 Å². The minimum Gasteiger partial charge on any atom is -0.464 e. The third-order valence-corrected chi connectivity index (χ3v) is 5.33. The second-order valence-corrected chi connectivity index (χ2v) is 7.46. The Labute approximate surface area is 174 Å². The summed E-state index contributed by atoms with van der Waals surface area (Å²) in [6.45, 7) is 1.73. The van der Waals surface area contributed by atoms with Crippen LogP contribution < -0.4 is 10.6 Å². The van der Waals surface area contributed by atoms with Crippen molar-refractivity contribution in [3.8, 4) is 0 Å². The molecule has 1 heterocycles. The number of aliphatic imine (C=N–C) groups is 1. The normalized spacial score (nSPS) is 26.2. The molecule has 9 heteroatoms. The van der Waals surface area contributed by atoms with Crippen molar-refractivity contribution < 1.29 is 29.0 Å². The van der Waals surface area contributed by atoms with Gasteiger partial charge in [-0.05, 0) is 38.2 Å². The molecule has 1 aliphatic heterocycles. The Morgan fingerprint density at radius 1 is 1.23 bits per heavy atom. The van der Waals surface area contributed by atoms with Gasteiger partial charge in [0, 0.05) is 0 Å². The highest BCUT2D eigenvalue weighted by molar-refractivity contribution is 6.11.